The number of nitrogens with zero attached hydrogens (tertiary/aromatic N) is 3. The molecule has 8 nitrogen and oxygen atoms in total. The molecule has 0 radical (unpaired) electrons. The minimum Gasteiger partial charge on any atom is -0.379 e. The van der Waals surface area contributed by atoms with Crippen LogP contribution in [-0.2, 0) is 20.9 Å². The minimum atomic E-state index is -0.0781. The molecule has 0 saturated carbocycles. The molecular weight excluding hydrogens is 394 g/mol. The summed E-state index contributed by atoms with van der Waals surface area (Å²) in [5.41, 5.74) is 1.02. The smallest absolute Gasteiger partial charge is 0.234 e. The predicted molar refractivity (Wildman–Crippen MR) is 121 cm³/mol. The summed E-state index contributed by atoms with van der Waals surface area (Å²) in [5, 5.41) is 6.08. The van der Waals surface area contributed by atoms with Crippen molar-refractivity contribution in [3.63, 3.8) is 0 Å². The summed E-state index contributed by atoms with van der Waals surface area (Å²) >= 11 is 0. The van der Waals surface area contributed by atoms with Gasteiger partial charge in [0.1, 0.15) is 0 Å². The van der Waals surface area contributed by atoms with E-state index in [1.54, 1.807) is 0 Å². The van der Waals surface area contributed by atoms with Crippen LogP contribution in [0.15, 0.2) is 30.3 Å². The largest absolute Gasteiger partial charge is 0.379 e. The molecule has 172 valence electrons. The fraction of sp³-hybridized carbons (Fsp3) is 0.652. The number of carbonyl (C=O) groups excluding carboxylic acids is 2. The zero-order valence-corrected chi connectivity index (χ0v) is 18.9. The fourth-order valence-electron chi connectivity index (χ4n) is 4.02. The molecule has 1 aromatic carbocycles. The lowest BCUT2D eigenvalue weighted by atomic mass is 10.0. The van der Waals surface area contributed by atoms with E-state index in [1.807, 2.05) is 30.3 Å². The van der Waals surface area contributed by atoms with Gasteiger partial charge in [0.25, 0.3) is 0 Å². The zero-order valence-electron chi connectivity index (χ0n) is 18.9. The molecule has 0 unspecified atom stereocenters. The Morgan fingerprint density at radius 1 is 0.871 bits per heavy atom. The highest BCUT2D eigenvalue weighted by Crippen LogP contribution is 2.15. The Bertz CT molecular complexity index is 698. The van der Waals surface area contributed by atoms with E-state index in [0.29, 0.717) is 26.2 Å². The molecule has 0 bridgehead atoms. The van der Waals surface area contributed by atoms with Gasteiger partial charge in [-0.2, -0.15) is 0 Å². The molecule has 0 aliphatic carbocycles. The van der Waals surface area contributed by atoms with E-state index in [2.05, 4.69) is 39.2 Å². The van der Waals surface area contributed by atoms with Gasteiger partial charge >= 0.3 is 0 Å². The van der Waals surface area contributed by atoms with E-state index >= 15 is 0 Å². The third-order valence-corrected chi connectivity index (χ3v) is 6.12. The van der Waals surface area contributed by atoms with E-state index in [0.717, 1.165) is 58.0 Å². The van der Waals surface area contributed by atoms with Crippen LogP contribution < -0.4 is 10.6 Å². The number of benzene rings is 1. The topological polar surface area (TPSA) is 77.2 Å². The molecule has 2 aliphatic rings. The third-order valence-electron chi connectivity index (χ3n) is 6.12. The number of hydrogen-bond acceptors (Lipinski definition) is 6. The normalized spacial score (nSPS) is 19.2. The molecule has 31 heavy (non-hydrogen) atoms. The van der Waals surface area contributed by atoms with Crippen LogP contribution in [0.5, 0.6) is 0 Å². The van der Waals surface area contributed by atoms with Crippen LogP contribution in [0.4, 0.5) is 0 Å². The molecule has 2 amide bonds. The van der Waals surface area contributed by atoms with Crippen LogP contribution in [0.3, 0.4) is 0 Å². The summed E-state index contributed by atoms with van der Waals surface area (Å²) in [7, 11) is 0. The van der Waals surface area contributed by atoms with Crippen LogP contribution in [0, 0.1) is 0 Å². The van der Waals surface area contributed by atoms with Gasteiger partial charge in [0.05, 0.1) is 26.3 Å². The summed E-state index contributed by atoms with van der Waals surface area (Å²) in [5.74, 6) is 0.107. The van der Waals surface area contributed by atoms with Crippen molar-refractivity contribution in [2.45, 2.75) is 25.9 Å². The van der Waals surface area contributed by atoms with Crippen molar-refractivity contribution < 1.29 is 14.3 Å². The maximum atomic E-state index is 12.4. The Morgan fingerprint density at radius 2 is 1.42 bits per heavy atom. The van der Waals surface area contributed by atoms with Gasteiger partial charge < -0.3 is 15.4 Å². The summed E-state index contributed by atoms with van der Waals surface area (Å²) < 4.78 is 5.42. The lowest BCUT2D eigenvalue weighted by molar-refractivity contribution is -0.125. The molecule has 2 heterocycles. The van der Waals surface area contributed by atoms with Crippen LogP contribution in [0.25, 0.3) is 0 Å². The molecule has 3 rings (SSSR count). The number of hydrogen-bond donors (Lipinski definition) is 2. The average molecular weight is 432 g/mol. The first-order chi connectivity index (χ1) is 14.9. The van der Waals surface area contributed by atoms with Gasteiger partial charge in [-0.05, 0) is 19.4 Å². The lowest BCUT2D eigenvalue weighted by Gasteiger charge is -2.41. The van der Waals surface area contributed by atoms with Crippen molar-refractivity contribution in [1.29, 1.82) is 0 Å². The Labute approximate surface area is 185 Å². The van der Waals surface area contributed by atoms with E-state index < -0.39 is 0 Å². The number of rotatable bonds is 9. The quantitative estimate of drug-likeness (QED) is 0.580. The molecule has 0 aromatic heterocycles. The van der Waals surface area contributed by atoms with Gasteiger partial charge in [0.2, 0.25) is 11.8 Å². The molecule has 0 spiro atoms. The van der Waals surface area contributed by atoms with Crippen molar-refractivity contribution in [2.24, 2.45) is 0 Å². The van der Waals surface area contributed by atoms with Crippen molar-refractivity contribution in [1.82, 2.24) is 25.3 Å². The number of amides is 2. The molecule has 2 saturated heterocycles. The highest BCUT2D eigenvalue weighted by molar-refractivity contribution is 5.78. The standard InChI is InChI=1S/C23H37N5O3/c1-23(2,28-12-14-31-15-13-28)19-25-22(30)18-27-10-8-26(9-11-27)17-21(29)24-16-20-6-4-3-5-7-20/h3-7H,8-19H2,1-2H3,(H,24,29)(H,25,30). The first kappa shape index (κ1) is 23.7. The van der Waals surface area contributed by atoms with Crippen molar-refractivity contribution >= 4 is 11.8 Å². The number of piperazine rings is 1. The van der Waals surface area contributed by atoms with Gasteiger partial charge in [-0.25, -0.2) is 0 Å². The molecule has 0 atom stereocenters. The predicted octanol–water partition coefficient (Wildman–Crippen LogP) is 0.147. The summed E-state index contributed by atoms with van der Waals surface area (Å²) in [4.78, 5) is 31.3. The van der Waals surface area contributed by atoms with Crippen molar-refractivity contribution in [2.75, 3.05) is 72.1 Å². The van der Waals surface area contributed by atoms with Gasteiger partial charge in [-0.1, -0.05) is 30.3 Å². The maximum Gasteiger partial charge on any atom is 0.234 e. The van der Waals surface area contributed by atoms with Crippen LogP contribution in [-0.4, -0.2) is 104 Å². The minimum absolute atomic E-state index is 0.0420. The molecule has 8 heteroatoms. The van der Waals surface area contributed by atoms with Crippen LogP contribution in [0.2, 0.25) is 0 Å². The second-order valence-corrected chi connectivity index (χ2v) is 9.00. The SMILES string of the molecule is CC(C)(CNC(=O)CN1CCN(CC(=O)NCc2ccccc2)CC1)N1CCOCC1. The maximum absolute atomic E-state index is 12.4. The van der Waals surface area contributed by atoms with E-state index in [9.17, 15) is 9.59 Å². The third kappa shape index (κ3) is 7.88. The molecule has 2 fully saturated rings. The fourth-order valence-corrected chi connectivity index (χ4v) is 4.02. The molecular formula is C23H37N5O3. The summed E-state index contributed by atoms with van der Waals surface area (Å²) in [6.45, 7) is 12.8. The molecule has 2 N–H and O–H groups in total. The average Bonchev–Trinajstić information content (AvgIpc) is 2.79. The number of nitrogens with one attached hydrogen (secondary N) is 2. The number of carbonyl (C=O) groups is 2. The zero-order chi connectivity index (χ0) is 22.1. The Kier molecular flexibility index (Phi) is 8.83. The Hall–Kier alpha value is -2.00. The lowest BCUT2D eigenvalue weighted by Crippen LogP contribution is -2.56. The van der Waals surface area contributed by atoms with Crippen LogP contribution in [0.1, 0.15) is 19.4 Å². The highest BCUT2D eigenvalue weighted by atomic mass is 16.5. The Balaban J connectivity index is 1.30. The Morgan fingerprint density at radius 3 is 2.00 bits per heavy atom. The number of ether oxygens (including phenoxy) is 1. The second-order valence-electron chi connectivity index (χ2n) is 9.00. The summed E-state index contributed by atoms with van der Waals surface area (Å²) in [6.07, 6.45) is 0. The van der Waals surface area contributed by atoms with Gasteiger partial charge in [-0.3, -0.25) is 24.3 Å². The van der Waals surface area contributed by atoms with E-state index in [4.69, 9.17) is 4.74 Å². The first-order valence-electron chi connectivity index (χ1n) is 11.3. The monoisotopic (exact) mass is 431 g/mol. The van der Waals surface area contributed by atoms with E-state index in [1.165, 1.54) is 0 Å². The van der Waals surface area contributed by atoms with Gasteiger partial charge in [0, 0.05) is 57.9 Å². The van der Waals surface area contributed by atoms with Crippen LogP contribution >= 0.6 is 0 Å². The molecule has 2 aliphatic heterocycles. The van der Waals surface area contributed by atoms with Crippen molar-refractivity contribution in [3.05, 3.63) is 35.9 Å². The van der Waals surface area contributed by atoms with Crippen molar-refractivity contribution in [3.8, 4) is 0 Å². The number of morpholine rings is 1. The first-order valence-corrected chi connectivity index (χ1v) is 11.3. The molecule has 1 aromatic rings. The second kappa shape index (κ2) is 11.6. The van der Waals surface area contributed by atoms with Gasteiger partial charge in [0.15, 0.2) is 0 Å². The van der Waals surface area contributed by atoms with E-state index in [-0.39, 0.29) is 17.4 Å². The van der Waals surface area contributed by atoms with Gasteiger partial charge in [-0.15, -0.1) is 0 Å². The summed E-state index contributed by atoms with van der Waals surface area (Å²) in [6, 6.07) is 9.93. The highest BCUT2D eigenvalue weighted by Gasteiger charge is 2.29.